The van der Waals surface area contributed by atoms with Crippen LogP contribution in [0, 0.1) is 11.6 Å². The summed E-state index contributed by atoms with van der Waals surface area (Å²) in [4.78, 5) is 10.8. The fraction of sp³-hybridized carbons (Fsp3) is 0.0500. The minimum atomic E-state index is -3.72. The molecule has 3 rings (SSSR count). The van der Waals surface area contributed by atoms with E-state index in [1.807, 2.05) is 0 Å². The highest BCUT2D eigenvalue weighted by molar-refractivity contribution is 7.91. The Morgan fingerprint density at radius 2 is 1.46 bits per heavy atom. The molecular formula is C20H15F2NO4S. The molecule has 3 aromatic carbocycles. The molecule has 0 bridgehead atoms. The third kappa shape index (κ3) is 4.72. The van der Waals surface area contributed by atoms with Crippen molar-refractivity contribution >= 4 is 21.7 Å². The van der Waals surface area contributed by atoms with E-state index in [4.69, 9.17) is 5.11 Å². The Morgan fingerprint density at radius 1 is 0.857 bits per heavy atom. The standard InChI is InChI=1S/C20H15F2NO4S/c21-18-10-7-16(11-19(18)22)14-5-8-17(9-6-14)23-28(26,27)12-13-1-3-15(4-2-13)20(24)25/h1-11,23H,12H2,(H,24,25). The quantitative estimate of drug-likeness (QED) is 0.644. The first-order chi connectivity index (χ1) is 13.2. The maximum Gasteiger partial charge on any atom is 0.335 e. The molecule has 0 aliphatic carbocycles. The second-order valence-corrected chi connectivity index (χ2v) is 7.79. The number of hydrogen-bond donors (Lipinski definition) is 2. The molecule has 0 unspecified atom stereocenters. The molecule has 0 aromatic heterocycles. The number of sulfonamides is 1. The second-order valence-electron chi connectivity index (χ2n) is 6.07. The fourth-order valence-electron chi connectivity index (χ4n) is 2.59. The molecule has 0 spiro atoms. The Balaban J connectivity index is 1.71. The van der Waals surface area contributed by atoms with Crippen molar-refractivity contribution in [2.75, 3.05) is 4.72 Å². The zero-order chi connectivity index (χ0) is 20.3. The number of carbonyl (C=O) groups is 1. The molecule has 0 fully saturated rings. The molecule has 3 aromatic rings. The van der Waals surface area contributed by atoms with Crippen molar-refractivity contribution in [2.24, 2.45) is 0 Å². The van der Waals surface area contributed by atoms with E-state index in [2.05, 4.69) is 4.72 Å². The molecule has 0 aliphatic rings. The van der Waals surface area contributed by atoms with Crippen LogP contribution >= 0.6 is 0 Å². The first-order valence-electron chi connectivity index (χ1n) is 8.12. The third-order valence-electron chi connectivity index (χ3n) is 3.97. The van der Waals surface area contributed by atoms with Crippen LogP contribution in [0.2, 0.25) is 0 Å². The minimum Gasteiger partial charge on any atom is -0.478 e. The van der Waals surface area contributed by atoms with Gasteiger partial charge >= 0.3 is 5.97 Å². The van der Waals surface area contributed by atoms with Gasteiger partial charge in [-0.05, 0) is 53.1 Å². The molecule has 28 heavy (non-hydrogen) atoms. The first-order valence-corrected chi connectivity index (χ1v) is 9.77. The summed E-state index contributed by atoms with van der Waals surface area (Å²) in [6.07, 6.45) is 0. The molecule has 0 atom stereocenters. The van der Waals surface area contributed by atoms with Gasteiger partial charge < -0.3 is 5.11 Å². The predicted octanol–water partition coefficient (Wildman–Crippen LogP) is 4.27. The maximum absolute atomic E-state index is 13.3. The van der Waals surface area contributed by atoms with Gasteiger partial charge in [-0.25, -0.2) is 22.0 Å². The number of anilines is 1. The topological polar surface area (TPSA) is 83.5 Å². The fourth-order valence-corrected chi connectivity index (χ4v) is 3.78. The molecular weight excluding hydrogens is 388 g/mol. The lowest BCUT2D eigenvalue weighted by Gasteiger charge is -2.09. The van der Waals surface area contributed by atoms with Crippen LogP contribution in [0.4, 0.5) is 14.5 Å². The number of nitrogens with one attached hydrogen (secondary N) is 1. The third-order valence-corrected chi connectivity index (χ3v) is 5.23. The van der Waals surface area contributed by atoms with Crippen LogP contribution < -0.4 is 4.72 Å². The van der Waals surface area contributed by atoms with Gasteiger partial charge in [-0.1, -0.05) is 30.3 Å². The van der Waals surface area contributed by atoms with Crippen LogP contribution in [0.15, 0.2) is 66.7 Å². The van der Waals surface area contributed by atoms with E-state index in [0.717, 1.165) is 12.1 Å². The molecule has 0 saturated heterocycles. The number of rotatable bonds is 6. The highest BCUT2D eigenvalue weighted by Gasteiger charge is 2.13. The summed E-state index contributed by atoms with van der Waals surface area (Å²) >= 11 is 0. The Labute approximate surface area is 160 Å². The van der Waals surface area contributed by atoms with Gasteiger partial charge in [0.15, 0.2) is 11.6 Å². The van der Waals surface area contributed by atoms with E-state index < -0.39 is 27.6 Å². The normalized spacial score (nSPS) is 11.2. The summed E-state index contributed by atoms with van der Waals surface area (Å²) in [6, 6.07) is 15.3. The van der Waals surface area contributed by atoms with Crippen molar-refractivity contribution < 1.29 is 27.1 Å². The van der Waals surface area contributed by atoms with Gasteiger partial charge in [0.1, 0.15) is 0 Å². The van der Waals surface area contributed by atoms with Crippen LogP contribution in [-0.4, -0.2) is 19.5 Å². The van der Waals surface area contributed by atoms with Gasteiger partial charge in [-0.15, -0.1) is 0 Å². The largest absolute Gasteiger partial charge is 0.478 e. The highest BCUT2D eigenvalue weighted by atomic mass is 32.2. The summed E-state index contributed by atoms with van der Waals surface area (Å²) in [5, 5.41) is 8.87. The summed E-state index contributed by atoms with van der Waals surface area (Å²) in [5.74, 6) is -3.31. The van der Waals surface area contributed by atoms with Crippen molar-refractivity contribution in [3.05, 3.63) is 89.5 Å². The number of hydrogen-bond acceptors (Lipinski definition) is 3. The second kappa shape index (κ2) is 7.77. The van der Waals surface area contributed by atoms with Crippen molar-refractivity contribution in [1.82, 2.24) is 0 Å². The van der Waals surface area contributed by atoms with Gasteiger partial charge in [0.2, 0.25) is 10.0 Å². The van der Waals surface area contributed by atoms with Gasteiger partial charge in [0.05, 0.1) is 11.3 Å². The van der Waals surface area contributed by atoms with Gasteiger partial charge in [0, 0.05) is 5.69 Å². The molecule has 0 amide bonds. The molecule has 8 heteroatoms. The number of carboxylic acids is 1. The lowest BCUT2D eigenvalue weighted by atomic mass is 10.1. The van der Waals surface area contributed by atoms with Crippen LogP contribution in [-0.2, 0) is 15.8 Å². The molecule has 0 heterocycles. The van der Waals surface area contributed by atoms with Crippen molar-refractivity contribution in [3.8, 4) is 11.1 Å². The molecule has 0 radical (unpaired) electrons. The van der Waals surface area contributed by atoms with E-state index in [1.54, 1.807) is 12.1 Å². The van der Waals surface area contributed by atoms with E-state index in [-0.39, 0.29) is 11.3 Å². The van der Waals surface area contributed by atoms with Crippen molar-refractivity contribution in [2.45, 2.75) is 5.75 Å². The highest BCUT2D eigenvalue weighted by Crippen LogP contribution is 2.24. The molecule has 5 nitrogen and oxygen atoms in total. The summed E-state index contributed by atoms with van der Waals surface area (Å²) in [7, 11) is -3.72. The average Bonchev–Trinajstić information content (AvgIpc) is 2.64. The summed E-state index contributed by atoms with van der Waals surface area (Å²) < 4.78 is 53.4. The van der Waals surface area contributed by atoms with E-state index in [1.165, 1.54) is 42.5 Å². The monoisotopic (exact) mass is 403 g/mol. The predicted molar refractivity (Wildman–Crippen MR) is 101 cm³/mol. The Morgan fingerprint density at radius 3 is 2.04 bits per heavy atom. The van der Waals surface area contributed by atoms with Crippen molar-refractivity contribution in [1.29, 1.82) is 0 Å². The summed E-state index contributed by atoms with van der Waals surface area (Å²) in [6.45, 7) is 0. The van der Waals surface area contributed by atoms with Crippen LogP contribution in [0.25, 0.3) is 11.1 Å². The molecule has 2 N–H and O–H groups in total. The number of benzene rings is 3. The van der Waals surface area contributed by atoms with Gasteiger partial charge in [-0.3, -0.25) is 4.72 Å². The molecule has 0 saturated carbocycles. The smallest absolute Gasteiger partial charge is 0.335 e. The number of carboxylic acid groups (broad SMARTS) is 1. The average molecular weight is 403 g/mol. The SMILES string of the molecule is O=C(O)c1ccc(CS(=O)(=O)Nc2ccc(-c3ccc(F)c(F)c3)cc2)cc1. The van der Waals surface area contributed by atoms with E-state index >= 15 is 0 Å². The summed E-state index contributed by atoms with van der Waals surface area (Å²) in [5.41, 5.74) is 1.89. The lowest BCUT2D eigenvalue weighted by molar-refractivity contribution is 0.0697. The Bertz CT molecular complexity index is 1110. The van der Waals surface area contributed by atoms with E-state index in [9.17, 15) is 22.0 Å². The number of halogens is 2. The maximum atomic E-state index is 13.3. The van der Waals surface area contributed by atoms with Crippen LogP contribution in [0.1, 0.15) is 15.9 Å². The minimum absolute atomic E-state index is 0.0712. The van der Waals surface area contributed by atoms with Crippen LogP contribution in [0.3, 0.4) is 0 Å². The zero-order valence-corrected chi connectivity index (χ0v) is 15.2. The zero-order valence-electron chi connectivity index (χ0n) is 14.4. The number of aromatic carboxylic acids is 1. The van der Waals surface area contributed by atoms with Gasteiger partial charge in [0.25, 0.3) is 0 Å². The molecule has 144 valence electrons. The molecule has 0 aliphatic heterocycles. The Hall–Kier alpha value is -3.26. The first kappa shape index (κ1) is 19.5. The van der Waals surface area contributed by atoms with Gasteiger partial charge in [-0.2, -0.15) is 0 Å². The van der Waals surface area contributed by atoms with Crippen molar-refractivity contribution in [3.63, 3.8) is 0 Å². The van der Waals surface area contributed by atoms with Crippen LogP contribution in [0.5, 0.6) is 0 Å². The lowest BCUT2D eigenvalue weighted by Crippen LogP contribution is -2.15. The van der Waals surface area contributed by atoms with E-state index in [0.29, 0.717) is 22.4 Å². The Kier molecular flexibility index (Phi) is 5.41.